The first kappa shape index (κ1) is 21.3. The fourth-order valence-corrected chi connectivity index (χ4v) is 3.60. The van der Waals surface area contributed by atoms with Gasteiger partial charge in [0.25, 0.3) is 0 Å². The molecule has 0 bridgehead atoms. The zero-order chi connectivity index (χ0) is 22.0. The second kappa shape index (κ2) is 10.9. The van der Waals surface area contributed by atoms with Crippen LogP contribution in [-0.4, -0.2) is 10.9 Å². The van der Waals surface area contributed by atoms with E-state index in [0.717, 1.165) is 28.1 Å². The maximum Gasteiger partial charge on any atom is 0.221 e. The summed E-state index contributed by atoms with van der Waals surface area (Å²) in [6.45, 7) is 0.910. The van der Waals surface area contributed by atoms with Crippen molar-refractivity contribution in [2.24, 2.45) is 0 Å². The van der Waals surface area contributed by atoms with E-state index in [4.69, 9.17) is 4.74 Å². The lowest BCUT2D eigenvalue weighted by molar-refractivity contribution is -0.121. The molecule has 0 atom stereocenters. The lowest BCUT2D eigenvalue weighted by Gasteiger charge is -2.18. The number of rotatable bonds is 9. The van der Waals surface area contributed by atoms with Gasteiger partial charge in [0.1, 0.15) is 12.4 Å². The number of carbonyl (C=O) groups is 1. The topological polar surface area (TPSA) is 51.2 Å². The van der Waals surface area contributed by atoms with Crippen LogP contribution in [0.25, 0.3) is 0 Å². The zero-order valence-corrected chi connectivity index (χ0v) is 17.9. The minimum Gasteiger partial charge on any atom is -0.487 e. The summed E-state index contributed by atoms with van der Waals surface area (Å²) in [4.78, 5) is 17.0. The van der Waals surface area contributed by atoms with Crippen LogP contribution in [0.1, 0.15) is 34.7 Å². The molecule has 0 fully saturated rings. The molecule has 1 aromatic heterocycles. The van der Waals surface area contributed by atoms with Crippen molar-refractivity contribution >= 4 is 5.91 Å². The van der Waals surface area contributed by atoms with Crippen LogP contribution in [-0.2, 0) is 17.9 Å². The van der Waals surface area contributed by atoms with Gasteiger partial charge in [0.2, 0.25) is 5.91 Å². The van der Waals surface area contributed by atoms with Crippen LogP contribution in [0.15, 0.2) is 109 Å². The molecule has 32 heavy (non-hydrogen) atoms. The minimum atomic E-state index is 0.0261. The zero-order valence-electron chi connectivity index (χ0n) is 17.9. The molecule has 1 amide bonds. The van der Waals surface area contributed by atoms with E-state index >= 15 is 0 Å². The van der Waals surface area contributed by atoms with Crippen molar-refractivity contribution in [2.75, 3.05) is 0 Å². The Labute approximate surface area is 188 Å². The number of benzene rings is 3. The van der Waals surface area contributed by atoms with Crippen molar-refractivity contribution in [3.63, 3.8) is 0 Å². The SMILES string of the molecule is O=C(CC(c1ccccc1)c1ccccc1)NCc1ccc(OCc2ccccn2)cc1. The predicted molar refractivity (Wildman–Crippen MR) is 126 cm³/mol. The van der Waals surface area contributed by atoms with Gasteiger partial charge >= 0.3 is 0 Å². The average molecular weight is 423 g/mol. The van der Waals surface area contributed by atoms with Crippen molar-refractivity contribution in [3.05, 3.63) is 132 Å². The molecule has 0 unspecified atom stereocenters. The molecular formula is C28H26N2O2. The number of nitrogens with zero attached hydrogens (tertiary/aromatic N) is 1. The number of amides is 1. The van der Waals surface area contributed by atoms with E-state index in [9.17, 15) is 4.79 Å². The highest BCUT2D eigenvalue weighted by Crippen LogP contribution is 2.27. The number of nitrogens with one attached hydrogen (secondary N) is 1. The van der Waals surface area contributed by atoms with Crippen molar-refractivity contribution in [2.45, 2.75) is 25.5 Å². The van der Waals surface area contributed by atoms with E-state index in [-0.39, 0.29) is 11.8 Å². The predicted octanol–water partition coefficient (Wildman–Crippen LogP) is 5.50. The number of hydrogen-bond acceptors (Lipinski definition) is 3. The second-order valence-corrected chi connectivity index (χ2v) is 7.61. The summed E-state index contributed by atoms with van der Waals surface area (Å²) in [6.07, 6.45) is 2.16. The normalized spacial score (nSPS) is 10.7. The molecule has 1 heterocycles. The summed E-state index contributed by atoms with van der Waals surface area (Å²) in [5.41, 5.74) is 4.20. The fourth-order valence-electron chi connectivity index (χ4n) is 3.60. The smallest absolute Gasteiger partial charge is 0.221 e. The lowest BCUT2D eigenvalue weighted by atomic mass is 9.88. The third-order valence-electron chi connectivity index (χ3n) is 5.32. The van der Waals surface area contributed by atoms with Gasteiger partial charge in [0.05, 0.1) is 5.69 Å². The van der Waals surface area contributed by atoms with E-state index in [0.29, 0.717) is 19.6 Å². The molecule has 160 valence electrons. The largest absolute Gasteiger partial charge is 0.487 e. The van der Waals surface area contributed by atoms with Crippen LogP contribution in [0.2, 0.25) is 0 Å². The summed E-state index contributed by atoms with van der Waals surface area (Å²) >= 11 is 0. The lowest BCUT2D eigenvalue weighted by Crippen LogP contribution is -2.25. The van der Waals surface area contributed by atoms with Gasteiger partial charge < -0.3 is 10.1 Å². The Balaban J connectivity index is 1.32. The first-order valence-electron chi connectivity index (χ1n) is 10.8. The van der Waals surface area contributed by atoms with Crippen molar-refractivity contribution in [1.82, 2.24) is 10.3 Å². The maximum absolute atomic E-state index is 12.8. The van der Waals surface area contributed by atoms with Crippen LogP contribution in [0, 0.1) is 0 Å². The number of pyridine rings is 1. The molecule has 0 saturated heterocycles. The summed E-state index contributed by atoms with van der Waals surface area (Å²) in [5, 5.41) is 3.06. The molecule has 4 aromatic rings. The maximum atomic E-state index is 12.8. The standard InChI is InChI=1S/C28H26N2O2/c31-28(19-27(23-9-3-1-4-10-23)24-11-5-2-6-12-24)30-20-22-14-16-26(17-15-22)32-21-25-13-7-8-18-29-25/h1-18,27H,19-21H2,(H,30,31). The number of hydrogen-bond donors (Lipinski definition) is 1. The first-order valence-corrected chi connectivity index (χ1v) is 10.8. The Bertz CT molecular complexity index is 1060. The Morgan fingerprint density at radius 1 is 0.781 bits per heavy atom. The molecule has 0 saturated carbocycles. The van der Waals surface area contributed by atoms with Crippen LogP contribution in [0.4, 0.5) is 0 Å². The van der Waals surface area contributed by atoms with Gasteiger partial charge in [0.15, 0.2) is 0 Å². The third kappa shape index (κ3) is 6.05. The van der Waals surface area contributed by atoms with Gasteiger partial charge in [0, 0.05) is 25.1 Å². The highest BCUT2D eigenvalue weighted by Gasteiger charge is 2.17. The van der Waals surface area contributed by atoms with Crippen LogP contribution >= 0.6 is 0 Å². The summed E-state index contributed by atoms with van der Waals surface area (Å²) in [5.74, 6) is 0.830. The van der Waals surface area contributed by atoms with Gasteiger partial charge in [-0.05, 0) is 41.0 Å². The summed E-state index contributed by atoms with van der Waals surface area (Å²) in [7, 11) is 0. The molecule has 0 aliphatic heterocycles. The number of aromatic nitrogens is 1. The highest BCUT2D eigenvalue weighted by atomic mass is 16.5. The molecule has 1 N–H and O–H groups in total. The monoisotopic (exact) mass is 422 g/mol. The van der Waals surface area contributed by atoms with E-state index in [1.54, 1.807) is 6.20 Å². The number of carbonyl (C=O) groups excluding carboxylic acids is 1. The van der Waals surface area contributed by atoms with Crippen LogP contribution in [0.3, 0.4) is 0 Å². The Hall–Kier alpha value is -3.92. The van der Waals surface area contributed by atoms with Crippen LogP contribution < -0.4 is 10.1 Å². The van der Waals surface area contributed by atoms with E-state index in [1.807, 2.05) is 78.9 Å². The van der Waals surface area contributed by atoms with Gasteiger partial charge in [-0.3, -0.25) is 9.78 Å². The highest BCUT2D eigenvalue weighted by molar-refractivity contribution is 5.77. The summed E-state index contributed by atoms with van der Waals surface area (Å²) in [6, 6.07) is 33.9. The minimum absolute atomic E-state index is 0.0261. The average Bonchev–Trinajstić information content (AvgIpc) is 2.87. The quantitative estimate of drug-likeness (QED) is 0.388. The van der Waals surface area contributed by atoms with E-state index in [1.165, 1.54) is 0 Å². The molecule has 4 nitrogen and oxygen atoms in total. The molecule has 4 rings (SSSR count). The molecule has 0 radical (unpaired) electrons. The summed E-state index contributed by atoms with van der Waals surface area (Å²) < 4.78 is 5.77. The van der Waals surface area contributed by atoms with Gasteiger partial charge in [-0.25, -0.2) is 0 Å². The van der Waals surface area contributed by atoms with E-state index in [2.05, 4.69) is 34.6 Å². The van der Waals surface area contributed by atoms with Gasteiger partial charge in [-0.1, -0.05) is 78.9 Å². The van der Waals surface area contributed by atoms with Gasteiger partial charge in [-0.15, -0.1) is 0 Å². The molecule has 0 aliphatic carbocycles. The molecule has 0 spiro atoms. The van der Waals surface area contributed by atoms with Crippen molar-refractivity contribution in [3.8, 4) is 5.75 Å². The Morgan fingerprint density at radius 2 is 1.41 bits per heavy atom. The Morgan fingerprint density at radius 3 is 2.00 bits per heavy atom. The molecular weight excluding hydrogens is 396 g/mol. The van der Waals surface area contributed by atoms with Gasteiger partial charge in [-0.2, -0.15) is 0 Å². The van der Waals surface area contributed by atoms with E-state index < -0.39 is 0 Å². The first-order chi connectivity index (χ1) is 15.8. The van der Waals surface area contributed by atoms with Crippen molar-refractivity contribution in [1.29, 1.82) is 0 Å². The Kier molecular flexibility index (Phi) is 7.27. The second-order valence-electron chi connectivity index (χ2n) is 7.61. The molecule has 4 heteroatoms. The molecule has 3 aromatic carbocycles. The number of ether oxygens (including phenoxy) is 1. The van der Waals surface area contributed by atoms with Crippen molar-refractivity contribution < 1.29 is 9.53 Å². The third-order valence-corrected chi connectivity index (χ3v) is 5.32. The molecule has 0 aliphatic rings. The van der Waals surface area contributed by atoms with Crippen LogP contribution in [0.5, 0.6) is 5.75 Å². The fraction of sp³-hybridized carbons (Fsp3) is 0.143.